The van der Waals surface area contributed by atoms with E-state index in [1.807, 2.05) is 48.4 Å². The summed E-state index contributed by atoms with van der Waals surface area (Å²) in [6, 6.07) is 10.1. The van der Waals surface area contributed by atoms with Crippen LogP contribution in [0, 0.1) is 6.92 Å². The average Bonchev–Trinajstić information content (AvgIpc) is 2.90. The smallest absolute Gasteiger partial charge is 0.257 e. The van der Waals surface area contributed by atoms with Gasteiger partial charge in [-0.1, -0.05) is 18.2 Å². The summed E-state index contributed by atoms with van der Waals surface area (Å²) in [5, 5.41) is 7.78. The maximum absolute atomic E-state index is 12.7. The van der Waals surface area contributed by atoms with Gasteiger partial charge >= 0.3 is 0 Å². The normalized spacial score (nSPS) is 18.8. The van der Waals surface area contributed by atoms with Gasteiger partial charge in [-0.3, -0.25) is 4.79 Å². The first kappa shape index (κ1) is 13.8. The first-order valence-electron chi connectivity index (χ1n) is 7.30. The molecule has 2 heterocycles. The maximum Gasteiger partial charge on any atom is 0.257 e. The van der Waals surface area contributed by atoms with Crippen LogP contribution in [0.5, 0.6) is 0 Å². The Kier molecular flexibility index (Phi) is 3.75. The van der Waals surface area contributed by atoms with Crippen LogP contribution in [0.15, 0.2) is 36.5 Å². The summed E-state index contributed by atoms with van der Waals surface area (Å²) in [5.41, 5.74) is 2.43. The van der Waals surface area contributed by atoms with Crippen LogP contribution in [0.2, 0.25) is 0 Å². The molecule has 0 bridgehead atoms. The Bertz CT molecular complexity index is 635. The molecule has 1 fully saturated rings. The molecule has 0 radical (unpaired) electrons. The van der Waals surface area contributed by atoms with Crippen molar-refractivity contribution in [3.8, 4) is 5.69 Å². The number of piperazine rings is 1. The molecule has 5 nitrogen and oxygen atoms in total. The van der Waals surface area contributed by atoms with Gasteiger partial charge in [-0.2, -0.15) is 5.10 Å². The fourth-order valence-electron chi connectivity index (χ4n) is 2.68. The van der Waals surface area contributed by atoms with E-state index in [0.717, 1.165) is 31.0 Å². The third kappa shape index (κ3) is 2.69. The Labute approximate surface area is 124 Å². The molecule has 0 saturated carbocycles. The summed E-state index contributed by atoms with van der Waals surface area (Å²) < 4.78 is 1.77. The van der Waals surface area contributed by atoms with Crippen molar-refractivity contribution in [2.45, 2.75) is 19.9 Å². The zero-order chi connectivity index (χ0) is 14.8. The molecule has 0 spiro atoms. The molecule has 1 atom stereocenters. The number of amides is 1. The predicted molar refractivity (Wildman–Crippen MR) is 81.7 cm³/mol. The third-order valence-electron chi connectivity index (χ3n) is 3.91. The molecule has 1 aliphatic heterocycles. The van der Waals surface area contributed by atoms with Gasteiger partial charge < -0.3 is 10.2 Å². The number of hydrogen-bond donors (Lipinski definition) is 1. The topological polar surface area (TPSA) is 50.2 Å². The lowest BCUT2D eigenvalue weighted by atomic mass is 10.1. The SMILES string of the molecule is Cc1nn(-c2ccccc2)cc1C(=O)N1CCNCC1C. The minimum absolute atomic E-state index is 0.0729. The van der Waals surface area contributed by atoms with E-state index in [1.165, 1.54) is 0 Å². The highest BCUT2D eigenvalue weighted by Gasteiger charge is 2.26. The molecule has 3 rings (SSSR count). The van der Waals surface area contributed by atoms with Crippen molar-refractivity contribution in [2.24, 2.45) is 0 Å². The van der Waals surface area contributed by atoms with Crippen molar-refractivity contribution in [1.29, 1.82) is 0 Å². The third-order valence-corrected chi connectivity index (χ3v) is 3.91. The zero-order valence-corrected chi connectivity index (χ0v) is 12.4. The second kappa shape index (κ2) is 5.69. The Morgan fingerprint density at radius 1 is 1.33 bits per heavy atom. The molecular formula is C16H20N4O. The van der Waals surface area contributed by atoms with Crippen LogP contribution >= 0.6 is 0 Å². The molecule has 1 unspecified atom stereocenters. The molecule has 1 aromatic carbocycles. The fourth-order valence-corrected chi connectivity index (χ4v) is 2.68. The van der Waals surface area contributed by atoms with Crippen LogP contribution in [0.4, 0.5) is 0 Å². The monoisotopic (exact) mass is 284 g/mol. The molecule has 21 heavy (non-hydrogen) atoms. The van der Waals surface area contributed by atoms with E-state index in [0.29, 0.717) is 5.56 Å². The van der Waals surface area contributed by atoms with E-state index in [-0.39, 0.29) is 11.9 Å². The van der Waals surface area contributed by atoms with Crippen LogP contribution in [-0.2, 0) is 0 Å². The number of nitrogens with one attached hydrogen (secondary N) is 1. The highest BCUT2D eigenvalue weighted by atomic mass is 16.2. The van der Waals surface area contributed by atoms with Crippen LogP contribution in [0.1, 0.15) is 23.0 Å². The quantitative estimate of drug-likeness (QED) is 0.911. The molecule has 2 aromatic rings. The summed E-state index contributed by atoms with van der Waals surface area (Å²) in [5.74, 6) is 0.0729. The van der Waals surface area contributed by atoms with Gasteiger partial charge in [0.05, 0.1) is 16.9 Å². The number of aryl methyl sites for hydroxylation is 1. The van der Waals surface area contributed by atoms with Gasteiger partial charge in [0.25, 0.3) is 5.91 Å². The average molecular weight is 284 g/mol. The highest BCUT2D eigenvalue weighted by molar-refractivity contribution is 5.95. The van der Waals surface area contributed by atoms with Crippen molar-refractivity contribution < 1.29 is 4.79 Å². The second-order valence-corrected chi connectivity index (χ2v) is 5.46. The molecule has 1 aliphatic rings. The Hall–Kier alpha value is -2.14. The zero-order valence-electron chi connectivity index (χ0n) is 12.4. The van der Waals surface area contributed by atoms with E-state index < -0.39 is 0 Å². The van der Waals surface area contributed by atoms with Crippen molar-refractivity contribution >= 4 is 5.91 Å². The van der Waals surface area contributed by atoms with E-state index in [2.05, 4.69) is 17.3 Å². The van der Waals surface area contributed by atoms with Crippen LogP contribution in [-0.4, -0.2) is 46.3 Å². The van der Waals surface area contributed by atoms with Crippen LogP contribution in [0.25, 0.3) is 5.69 Å². The molecule has 5 heteroatoms. The Balaban J connectivity index is 1.89. The predicted octanol–water partition coefficient (Wildman–Crippen LogP) is 1.61. The summed E-state index contributed by atoms with van der Waals surface area (Å²) in [7, 11) is 0. The summed E-state index contributed by atoms with van der Waals surface area (Å²) in [6.07, 6.45) is 1.84. The lowest BCUT2D eigenvalue weighted by Gasteiger charge is -2.33. The molecule has 1 aromatic heterocycles. The number of benzene rings is 1. The minimum atomic E-state index is 0.0729. The standard InChI is InChI=1S/C16H20N4O/c1-12-10-17-8-9-19(12)16(21)15-11-20(18-13(15)2)14-6-4-3-5-7-14/h3-7,11-12,17H,8-10H2,1-2H3. The van der Waals surface area contributed by atoms with Crippen molar-refractivity contribution in [3.63, 3.8) is 0 Å². The number of hydrogen-bond acceptors (Lipinski definition) is 3. The summed E-state index contributed by atoms with van der Waals surface area (Å²) in [6.45, 7) is 6.40. The van der Waals surface area contributed by atoms with E-state index in [9.17, 15) is 4.79 Å². The number of aromatic nitrogens is 2. The van der Waals surface area contributed by atoms with Gasteiger partial charge in [-0.05, 0) is 26.0 Å². The van der Waals surface area contributed by atoms with Crippen molar-refractivity contribution in [3.05, 3.63) is 47.8 Å². The Morgan fingerprint density at radius 2 is 2.10 bits per heavy atom. The van der Waals surface area contributed by atoms with Gasteiger partial charge in [0, 0.05) is 31.9 Å². The number of rotatable bonds is 2. The second-order valence-electron chi connectivity index (χ2n) is 5.46. The molecule has 1 N–H and O–H groups in total. The van der Waals surface area contributed by atoms with Gasteiger partial charge in [-0.15, -0.1) is 0 Å². The van der Waals surface area contributed by atoms with Crippen LogP contribution < -0.4 is 5.32 Å². The van der Waals surface area contributed by atoms with Crippen molar-refractivity contribution in [1.82, 2.24) is 20.0 Å². The lowest BCUT2D eigenvalue weighted by Crippen LogP contribution is -2.52. The number of nitrogens with zero attached hydrogens (tertiary/aromatic N) is 3. The molecule has 1 saturated heterocycles. The van der Waals surface area contributed by atoms with Crippen LogP contribution in [0.3, 0.4) is 0 Å². The van der Waals surface area contributed by atoms with E-state index >= 15 is 0 Å². The van der Waals surface area contributed by atoms with Gasteiger partial charge in [0.2, 0.25) is 0 Å². The lowest BCUT2D eigenvalue weighted by molar-refractivity contribution is 0.0655. The van der Waals surface area contributed by atoms with E-state index in [1.54, 1.807) is 4.68 Å². The molecular weight excluding hydrogens is 264 g/mol. The number of carbonyl (C=O) groups excluding carboxylic acids is 1. The number of carbonyl (C=O) groups is 1. The maximum atomic E-state index is 12.7. The van der Waals surface area contributed by atoms with E-state index in [4.69, 9.17) is 0 Å². The Morgan fingerprint density at radius 3 is 2.81 bits per heavy atom. The summed E-state index contributed by atoms with van der Waals surface area (Å²) in [4.78, 5) is 14.6. The number of para-hydroxylation sites is 1. The fraction of sp³-hybridized carbons (Fsp3) is 0.375. The van der Waals surface area contributed by atoms with Gasteiger partial charge in [-0.25, -0.2) is 4.68 Å². The summed E-state index contributed by atoms with van der Waals surface area (Å²) >= 11 is 0. The molecule has 1 amide bonds. The van der Waals surface area contributed by atoms with Crippen molar-refractivity contribution in [2.75, 3.05) is 19.6 Å². The largest absolute Gasteiger partial charge is 0.333 e. The molecule has 110 valence electrons. The first-order valence-corrected chi connectivity index (χ1v) is 7.30. The minimum Gasteiger partial charge on any atom is -0.333 e. The highest BCUT2D eigenvalue weighted by Crippen LogP contribution is 2.16. The first-order chi connectivity index (χ1) is 10.2. The molecule has 0 aliphatic carbocycles. The van der Waals surface area contributed by atoms with Gasteiger partial charge in [0.15, 0.2) is 0 Å². The van der Waals surface area contributed by atoms with Gasteiger partial charge in [0.1, 0.15) is 0 Å².